The number of nitrogens with one attached hydrogen (secondary N) is 2. The maximum Gasteiger partial charge on any atom is 0.319 e. The molecule has 5 nitrogen and oxygen atoms in total. The molecule has 6 heteroatoms. The van der Waals surface area contributed by atoms with E-state index in [2.05, 4.69) is 17.2 Å². The van der Waals surface area contributed by atoms with Crippen LogP contribution in [0.25, 0.3) is 0 Å². The van der Waals surface area contributed by atoms with Crippen LogP contribution >= 0.6 is 0 Å². The highest BCUT2D eigenvalue weighted by atomic mass is 19.1. The highest BCUT2D eigenvalue weighted by Crippen LogP contribution is 2.32. The third-order valence-corrected chi connectivity index (χ3v) is 3.55. The second kappa shape index (κ2) is 5.05. The predicted molar refractivity (Wildman–Crippen MR) is 74.6 cm³/mol. The SMILES string of the molecule is C=CCN1CC2=C(C1=O)[C@H](c1cccc(F)c1)NC(=O)N2. The number of urea groups is 1. The zero-order valence-corrected chi connectivity index (χ0v) is 11.2. The van der Waals surface area contributed by atoms with Gasteiger partial charge in [-0.25, -0.2) is 9.18 Å². The molecular formula is C15H14FN3O2. The summed E-state index contributed by atoms with van der Waals surface area (Å²) in [6.07, 6.45) is 1.63. The summed E-state index contributed by atoms with van der Waals surface area (Å²) < 4.78 is 13.4. The molecule has 1 aromatic rings. The third-order valence-electron chi connectivity index (χ3n) is 3.55. The number of carbonyl (C=O) groups is 2. The lowest BCUT2D eigenvalue weighted by molar-refractivity contribution is -0.125. The van der Waals surface area contributed by atoms with Crippen molar-refractivity contribution in [2.24, 2.45) is 0 Å². The minimum absolute atomic E-state index is 0.174. The van der Waals surface area contributed by atoms with E-state index in [0.29, 0.717) is 29.9 Å². The van der Waals surface area contributed by atoms with Crippen LogP contribution in [0.3, 0.4) is 0 Å². The molecular weight excluding hydrogens is 273 g/mol. The van der Waals surface area contributed by atoms with Gasteiger partial charge in [0.05, 0.1) is 23.9 Å². The molecule has 0 unspecified atom stereocenters. The van der Waals surface area contributed by atoms with E-state index in [0.717, 1.165) is 0 Å². The molecule has 0 aromatic heterocycles. The van der Waals surface area contributed by atoms with Crippen LogP contribution in [0.2, 0.25) is 0 Å². The van der Waals surface area contributed by atoms with Crippen molar-refractivity contribution in [1.82, 2.24) is 15.5 Å². The number of benzene rings is 1. The Kier molecular flexibility index (Phi) is 3.21. The minimum atomic E-state index is -0.633. The van der Waals surface area contributed by atoms with Crippen LogP contribution in [0.4, 0.5) is 9.18 Å². The maximum absolute atomic E-state index is 13.4. The Morgan fingerprint density at radius 3 is 2.95 bits per heavy atom. The standard InChI is InChI=1S/C15H14FN3O2/c1-2-6-19-8-11-12(14(19)20)13(18-15(21)17-11)9-4-3-5-10(16)7-9/h2-5,7,13H,1,6,8H2,(H2,17,18,21)/t13-/m0/s1. The lowest BCUT2D eigenvalue weighted by atomic mass is 9.96. The van der Waals surface area contributed by atoms with Crippen molar-refractivity contribution in [3.8, 4) is 0 Å². The fourth-order valence-corrected chi connectivity index (χ4v) is 2.67. The first-order valence-corrected chi connectivity index (χ1v) is 6.56. The van der Waals surface area contributed by atoms with Crippen LogP contribution in [0.5, 0.6) is 0 Å². The summed E-state index contributed by atoms with van der Waals surface area (Å²) >= 11 is 0. The number of amides is 3. The van der Waals surface area contributed by atoms with E-state index >= 15 is 0 Å². The van der Waals surface area contributed by atoms with Gasteiger partial charge in [0.25, 0.3) is 5.91 Å². The average Bonchev–Trinajstić information content (AvgIpc) is 2.75. The van der Waals surface area contributed by atoms with Crippen molar-refractivity contribution in [2.45, 2.75) is 6.04 Å². The quantitative estimate of drug-likeness (QED) is 0.827. The van der Waals surface area contributed by atoms with Crippen LogP contribution in [-0.2, 0) is 4.79 Å². The van der Waals surface area contributed by atoms with Gasteiger partial charge in [-0.3, -0.25) is 4.79 Å². The molecule has 21 heavy (non-hydrogen) atoms. The average molecular weight is 287 g/mol. The van der Waals surface area contributed by atoms with Gasteiger partial charge in [-0.2, -0.15) is 0 Å². The molecule has 3 amide bonds. The van der Waals surface area contributed by atoms with Crippen molar-refractivity contribution in [2.75, 3.05) is 13.1 Å². The van der Waals surface area contributed by atoms with Gasteiger partial charge in [-0.05, 0) is 17.7 Å². The van der Waals surface area contributed by atoms with E-state index in [9.17, 15) is 14.0 Å². The van der Waals surface area contributed by atoms with E-state index in [4.69, 9.17) is 0 Å². The molecule has 108 valence electrons. The zero-order chi connectivity index (χ0) is 15.0. The second-order valence-electron chi connectivity index (χ2n) is 4.95. The molecule has 0 saturated carbocycles. The molecule has 0 radical (unpaired) electrons. The Bertz CT molecular complexity index is 669. The minimum Gasteiger partial charge on any atom is -0.329 e. The summed E-state index contributed by atoms with van der Waals surface area (Å²) in [5.74, 6) is -0.581. The number of carbonyl (C=O) groups excluding carboxylic acids is 2. The summed E-state index contributed by atoms with van der Waals surface area (Å²) in [6.45, 7) is 4.35. The van der Waals surface area contributed by atoms with Gasteiger partial charge >= 0.3 is 6.03 Å². The van der Waals surface area contributed by atoms with Gasteiger partial charge in [-0.1, -0.05) is 18.2 Å². The first-order chi connectivity index (χ1) is 10.1. The molecule has 2 N–H and O–H groups in total. The van der Waals surface area contributed by atoms with Crippen molar-refractivity contribution >= 4 is 11.9 Å². The first kappa shape index (κ1) is 13.4. The Morgan fingerprint density at radius 1 is 1.43 bits per heavy atom. The molecule has 3 rings (SSSR count). The predicted octanol–water partition coefficient (Wildman–Crippen LogP) is 1.46. The van der Waals surface area contributed by atoms with E-state index in [1.165, 1.54) is 12.1 Å². The topological polar surface area (TPSA) is 61.4 Å². The molecule has 2 aliphatic rings. The van der Waals surface area contributed by atoms with Crippen molar-refractivity contribution in [1.29, 1.82) is 0 Å². The highest BCUT2D eigenvalue weighted by Gasteiger charge is 2.39. The zero-order valence-electron chi connectivity index (χ0n) is 11.2. The van der Waals surface area contributed by atoms with Gasteiger partial charge in [0.15, 0.2) is 0 Å². The number of hydrogen-bond donors (Lipinski definition) is 2. The summed E-state index contributed by atoms with van der Waals surface area (Å²) in [7, 11) is 0. The van der Waals surface area contributed by atoms with Crippen molar-refractivity contribution < 1.29 is 14.0 Å². The summed E-state index contributed by atoms with van der Waals surface area (Å²) in [6, 6.07) is 4.86. The Balaban J connectivity index is 2.00. The van der Waals surface area contributed by atoms with Crippen LogP contribution in [0.15, 0.2) is 48.2 Å². The largest absolute Gasteiger partial charge is 0.329 e. The fraction of sp³-hybridized carbons (Fsp3) is 0.200. The monoisotopic (exact) mass is 287 g/mol. The fourth-order valence-electron chi connectivity index (χ4n) is 2.67. The Hall–Kier alpha value is -2.63. The smallest absolute Gasteiger partial charge is 0.319 e. The highest BCUT2D eigenvalue weighted by molar-refractivity contribution is 6.01. The number of hydrogen-bond acceptors (Lipinski definition) is 2. The van der Waals surface area contributed by atoms with Crippen LogP contribution in [0, 0.1) is 5.82 Å². The molecule has 2 heterocycles. The summed E-state index contributed by atoms with van der Waals surface area (Å²) in [5, 5.41) is 5.33. The van der Waals surface area contributed by atoms with Gasteiger partial charge in [0.1, 0.15) is 5.82 Å². The lowest BCUT2D eigenvalue weighted by Crippen LogP contribution is -2.44. The molecule has 0 bridgehead atoms. The number of rotatable bonds is 3. The van der Waals surface area contributed by atoms with Crippen molar-refractivity contribution in [3.05, 3.63) is 59.6 Å². The van der Waals surface area contributed by atoms with E-state index in [1.807, 2.05) is 0 Å². The molecule has 0 aliphatic carbocycles. The Labute approximate surface area is 121 Å². The molecule has 2 aliphatic heterocycles. The molecule has 0 saturated heterocycles. The Morgan fingerprint density at radius 2 is 2.24 bits per heavy atom. The molecule has 1 aromatic carbocycles. The number of nitrogens with zero attached hydrogens (tertiary/aromatic N) is 1. The lowest BCUT2D eigenvalue weighted by Gasteiger charge is -2.25. The van der Waals surface area contributed by atoms with Gasteiger partial charge in [0.2, 0.25) is 0 Å². The van der Waals surface area contributed by atoms with E-state index in [1.54, 1.807) is 23.1 Å². The van der Waals surface area contributed by atoms with Crippen LogP contribution in [0.1, 0.15) is 11.6 Å². The molecule has 0 spiro atoms. The van der Waals surface area contributed by atoms with Gasteiger partial charge in [0, 0.05) is 6.54 Å². The maximum atomic E-state index is 13.4. The molecule has 1 atom stereocenters. The molecule has 0 fully saturated rings. The summed E-state index contributed by atoms with van der Waals surface area (Å²) in [5.41, 5.74) is 1.58. The normalized spacial score (nSPS) is 21.0. The van der Waals surface area contributed by atoms with E-state index < -0.39 is 17.9 Å². The van der Waals surface area contributed by atoms with Gasteiger partial charge < -0.3 is 15.5 Å². The third kappa shape index (κ3) is 2.29. The first-order valence-electron chi connectivity index (χ1n) is 6.56. The van der Waals surface area contributed by atoms with Gasteiger partial charge in [-0.15, -0.1) is 6.58 Å². The van der Waals surface area contributed by atoms with E-state index in [-0.39, 0.29) is 5.91 Å². The summed E-state index contributed by atoms with van der Waals surface area (Å²) in [4.78, 5) is 25.8. The number of halogens is 1. The second-order valence-corrected chi connectivity index (χ2v) is 4.95. The van der Waals surface area contributed by atoms with Crippen LogP contribution in [-0.4, -0.2) is 29.9 Å². The van der Waals surface area contributed by atoms with Crippen molar-refractivity contribution in [3.63, 3.8) is 0 Å². The van der Waals surface area contributed by atoms with Crippen LogP contribution < -0.4 is 10.6 Å².